The Morgan fingerprint density at radius 3 is 2.62 bits per heavy atom. The molecule has 3 nitrogen and oxygen atoms in total. The van der Waals surface area contributed by atoms with Gasteiger partial charge >= 0.3 is 0 Å². The topological polar surface area (TPSA) is 30.7 Å². The molecule has 0 spiro atoms. The number of hydrogen-bond donors (Lipinski definition) is 0. The fourth-order valence-electron chi connectivity index (χ4n) is 2.28. The third kappa shape index (κ3) is 3.41. The minimum Gasteiger partial charge on any atom is -0.269 e. The largest absolute Gasteiger partial charge is 0.269 e. The van der Waals surface area contributed by atoms with Crippen LogP contribution >= 0.6 is 27.3 Å². The lowest BCUT2D eigenvalue weighted by Crippen LogP contribution is -2.05. The van der Waals surface area contributed by atoms with Gasteiger partial charge in [0.05, 0.1) is 16.4 Å². The van der Waals surface area contributed by atoms with Crippen molar-refractivity contribution in [2.75, 3.05) is 0 Å². The Morgan fingerprint density at radius 2 is 1.95 bits per heavy atom. The normalized spacial score (nSPS) is 11.0. The van der Waals surface area contributed by atoms with Gasteiger partial charge in [-0.3, -0.25) is 4.68 Å². The molecule has 0 atom stereocenters. The summed E-state index contributed by atoms with van der Waals surface area (Å²) in [5.74, 6) is 0. The Morgan fingerprint density at radius 1 is 1.19 bits per heavy atom. The van der Waals surface area contributed by atoms with Gasteiger partial charge < -0.3 is 0 Å². The van der Waals surface area contributed by atoms with E-state index in [1.165, 1.54) is 5.69 Å². The van der Waals surface area contributed by atoms with Crippen molar-refractivity contribution >= 4 is 27.3 Å². The Balaban J connectivity index is 1.70. The first-order chi connectivity index (χ1) is 10.1. The van der Waals surface area contributed by atoms with Gasteiger partial charge in [-0.1, -0.05) is 28.1 Å². The van der Waals surface area contributed by atoms with E-state index in [0.29, 0.717) is 0 Å². The molecule has 0 aliphatic heterocycles. The van der Waals surface area contributed by atoms with Crippen molar-refractivity contribution in [3.8, 4) is 11.3 Å². The first-order valence-corrected chi connectivity index (χ1v) is 8.50. The number of hydrogen-bond acceptors (Lipinski definition) is 3. The number of aryl methyl sites for hydroxylation is 4. The van der Waals surface area contributed by atoms with E-state index in [1.807, 2.05) is 19.1 Å². The fourth-order valence-corrected chi connectivity index (χ4v) is 3.34. The van der Waals surface area contributed by atoms with Gasteiger partial charge in [-0.2, -0.15) is 5.10 Å². The zero-order valence-electron chi connectivity index (χ0n) is 12.0. The van der Waals surface area contributed by atoms with Crippen molar-refractivity contribution in [3.05, 3.63) is 56.6 Å². The van der Waals surface area contributed by atoms with Crippen molar-refractivity contribution in [3.63, 3.8) is 0 Å². The van der Waals surface area contributed by atoms with Crippen LogP contribution in [-0.4, -0.2) is 14.8 Å². The molecule has 0 saturated heterocycles. The number of rotatable bonds is 4. The summed E-state index contributed by atoms with van der Waals surface area (Å²) in [6.45, 7) is 5.00. The zero-order valence-corrected chi connectivity index (χ0v) is 14.4. The average Bonchev–Trinajstić information content (AvgIpc) is 3.04. The third-order valence-corrected chi connectivity index (χ3v) is 4.77. The monoisotopic (exact) mass is 361 g/mol. The molecule has 2 heterocycles. The summed E-state index contributed by atoms with van der Waals surface area (Å²) in [5.41, 5.74) is 4.49. The van der Waals surface area contributed by atoms with Crippen LogP contribution in [0.3, 0.4) is 0 Å². The highest BCUT2D eigenvalue weighted by Crippen LogP contribution is 2.24. The fraction of sp³-hybridized carbons (Fsp3) is 0.250. The Kier molecular flexibility index (Phi) is 4.22. The Labute approximate surface area is 136 Å². The van der Waals surface area contributed by atoms with Gasteiger partial charge in [-0.05, 0) is 32.0 Å². The Hall–Kier alpha value is -1.46. The highest BCUT2D eigenvalue weighted by Gasteiger charge is 2.06. The van der Waals surface area contributed by atoms with Crippen LogP contribution in [0.5, 0.6) is 0 Å². The van der Waals surface area contributed by atoms with Gasteiger partial charge in [0, 0.05) is 34.1 Å². The summed E-state index contributed by atoms with van der Waals surface area (Å²) in [7, 11) is 0. The third-order valence-electron chi connectivity index (χ3n) is 3.33. The van der Waals surface area contributed by atoms with Crippen LogP contribution in [0, 0.1) is 13.8 Å². The van der Waals surface area contributed by atoms with Gasteiger partial charge in [0.2, 0.25) is 0 Å². The smallest absolute Gasteiger partial charge is 0.0951 e. The molecule has 21 heavy (non-hydrogen) atoms. The van der Waals surface area contributed by atoms with Crippen molar-refractivity contribution in [2.24, 2.45) is 0 Å². The van der Waals surface area contributed by atoms with E-state index in [-0.39, 0.29) is 0 Å². The van der Waals surface area contributed by atoms with Gasteiger partial charge in [-0.25, -0.2) is 4.98 Å². The highest BCUT2D eigenvalue weighted by atomic mass is 79.9. The molecular formula is C16H16BrN3S. The van der Waals surface area contributed by atoms with E-state index in [1.54, 1.807) is 11.3 Å². The molecule has 0 amide bonds. The molecule has 0 N–H and O–H groups in total. The van der Waals surface area contributed by atoms with E-state index in [9.17, 15) is 0 Å². The maximum atomic E-state index is 4.72. The van der Waals surface area contributed by atoms with E-state index < -0.39 is 0 Å². The number of nitrogens with zero attached hydrogens (tertiary/aromatic N) is 3. The lowest BCUT2D eigenvalue weighted by molar-refractivity contribution is 0.593. The first-order valence-electron chi connectivity index (χ1n) is 6.83. The summed E-state index contributed by atoms with van der Waals surface area (Å²) >= 11 is 5.17. The lowest BCUT2D eigenvalue weighted by Gasteiger charge is -2.02. The predicted molar refractivity (Wildman–Crippen MR) is 90.7 cm³/mol. The second kappa shape index (κ2) is 6.12. The molecule has 2 aromatic heterocycles. The molecule has 0 bridgehead atoms. The summed E-state index contributed by atoms with van der Waals surface area (Å²) in [6, 6.07) is 10.4. The second-order valence-electron chi connectivity index (χ2n) is 5.03. The van der Waals surface area contributed by atoms with Gasteiger partial charge in [0.15, 0.2) is 0 Å². The van der Waals surface area contributed by atoms with Gasteiger partial charge in [0.25, 0.3) is 0 Å². The van der Waals surface area contributed by atoms with Crippen LogP contribution in [0.2, 0.25) is 0 Å². The SMILES string of the molecule is Cc1cc(C)n(CCc2nc(-c3ccc(Br)cc3)cs2)n1. The van der Waals surface area contributed by atoms with E-state index in [0.717, 1.165) is 39.4 Å². The predicted octanol–water partition coefficient (Wildman–Crippen LogP) is 4.63. The van der Waals surface area contributed by atoms with Crippen molar-refractivity contribution in [2.45, 2.75) is 26.8 Å². The molecule has 108 valence electrons. The first kappa shape index (κ1) is 14.5. The number of benzene rings is 1. The van der Waals surface area contributed by atoms with Crippen LogP contribution in [0.1, 0.15) is 16.4 Å². The average molecular weight is 362 g/mol. The second-order valence-corrected chi connectivity index (χ2v) is 6.89. The quantitative estimate of drug-likeness (QED) is 0.678. The lowest BCUT2D eigenvalue weighted by atomic mass is 10.2. The van der Waals surface area contributed by atoms with Gasteiger partial charge in [0.1, 0.15) is 0 Å². The van der Waals surface area contributed by atoms with Crippen LogP contribution < -0.4 is 0 Å². The molecule has 3 rings (SSSR count). The van der Waals surface area contributed by atoms with E-state index >= 15 is 0 Å². The van der Waals surface area contributed by atoms with Crippen LogP contribution in [-0.2, 0) is 13.0 Å². The number of thiazole rings is 1. The molecular weight excluding hydrogens is 346 g/mol. The maximum absolute atomic E-state index is 4.72. The Bertz CT molecular complexity index is 743. The number of aromatic nitrogens is 3. The molecule has 0 aliphatic carbocycles. The van der Waals surface area contributed by atoms with Gasteiger partial charge in [-0.15, -0.1) is 11.3 Å². The molecule has 0 radical (unpaired) electrons. The van der Waals surface area contributed by atoms with Crippen LogP contribution in [0.25, 0.3) is 11.3 Å². The minimum atomic E-state index is 0.882. The maximum Gasteiger partial charge on any atom is 0.0951 e. The molecule has 0 saturated carbocycles. The van der Waals surface area contributed by atoms with Crippen molar-refractivity contribution < 1.29 is 0 Å². The molecule has 0 fully saturated rings. The van der Waals surface area contributed by atoms with Crippen molar-refractivity contribution in [1.29, 1.82) is 0 Å². The van der Waals surface area contributed by atoms with Crippen LogP contribution in [0.15, 0.2) is 40.2 Å². The molecule has 1 aromatic carbocycles. The summed E-state index contributed by atoms with van der Waals surface area (Å²) in [4.78, 5) is 4.72. The number of halogens is 1. The molecule has 3 aromatic rings. The highest BCUT2D eigenvalue weighted by molar-refractivity contribution is 9.10. The minimum absolute atomic E-state index is 0.882. The van der Waals surface area contributed by atoms with Crippen LogP contribution in [0.4, 0.5) is 0 Å². The van der Waals surface area contributed by atoms with E-state index in [4.69, 9.17) is 4.98 Å². The molecule has 0 aliphatic rings. The summed E-state index contributed by atoms with van der Waals surface area (Å²) in [6.07, 6.45) is 0.920. The van der Waals surface area contributed by atoms with Crippen molar-refractivity contribution in [1.82, 2.24) is 14.8 Å². The molecule has 5 heteroatoms. The molecule has 0 unspecified atom stereocenters. The standard InChI is InChI=1S/C16H16BrN3S/c1-11-9-12(2)20(19-11)8-7-16-18-15(10-21-16)13-3-5-14(17)6-4-13/h3-6,9-10H,7-8H2,1-2H3. The summed E-state index contributed by atoms with van der Waals surface area (Å²) in [5, 5.41) is 7.77. The summed E-state index contributed by atoms with van der Waals surface area (Å²) < 4.78 is 3.14. The zero-order chi connectivity index (χ0) is 14.8. The van der Waals surface area contributed by atoms with E-state index in [2.05, 4.69) is 56.2 Å².